The minimum atomic E-state index is -0.977. The van der Waals surface area contributed by atoms with Crippen molar-refractivity contribution >= 4 is 11.9 Å². The highest BCUT2D eigenvalue weighted by atomic mass is 16.5. The van der Waals surface area contributed by atoms with Crippen LogP contribution in [0.1, 0.15) is 32.3 Å². The van der Waals surface area contributed by atoms with E-state index in [2.05, 4.69) is 0 Å². The quantitative estimate of drug-likeness (QED) is 0.675. The molecule has 0 aliphatic carbocycles. The third kappa shape index (κ3) is 7.78. The molecule has 1 N–H and O–H groups in total. The van der Waals surface area contributed by atoms with Gasteiger partial charge in [-0.1, -0.05) is 44.2 Å². The average Bonchev–Trinajstić information content (AvgIpc) is 2.46. The van der Waals surface area contributed by atoms with Crippen molar-refractivity contribution in [1.29, 1.82) is 0 Å². The summed E-state index contributed by atoms with van der Waals surface area (Å²) in [6.45, 7) is 5.18. The standard InChI is InChI=1S/C17H25NO4/c1-14(2)11-18(12-17(20)21)16(19)9-6-10-22-13-15-7-4-3-5-8-15/h3-5,7-8,14H,6,9-13H2,1-2H3,(H,20,21). The third-order valence-electron chi connectivity index (χ3n) is 3.06. The summed E-state index contributed by atoms with van der Waals surface area (Å²) < 4.78 is 5.52. The second kappa shape index (κ2) is 9.95. The van der Waals surface area contributed by atoms with E-state index in [0.717, 1.165) is 5.56 Å². The van der Waals surface area contributed by atoms with E-state index in [4.69, 9.17) is 9.84 Å². The molecule has 0 aliphatic heterocycles. The molecule has 0 bridgehead atoms. The van der Waals surface area contributed by atoms with Gasteiger partial charge in [-0.15, -0.1) is 0 Å². The van der Waals surface area contributed by atoms with Crippen molar-refractivity contribution in [1.82, 2.24) is 4.90 Å². The van der Waals surface area contributed by atoms with Gasteiger partial charge in [0.15, 0.2) is 0 Å². The zero-order chi connectivity index (χ0) is 16.4. The van der Waals surface area contributed by atoms with Gasteiger partial charge in [-0.3, -0.25) is 9.59 Å². The van der Waals surface area contributed by atoms with Crippen LogP contribution in [0, 0.1) is 5.92 Å². The molecule has 1 amide bonds. The van der Waals surface area contributed by atoms with Crippen molar-refractivity contribution < 1.29 is 19.4 Å². The van der Waals surface area contributed by atoms with Crippen molar-refractivity contribution in [2.24, 2.45) is 5.92 Å². The Morgan fingerprint density at radius 1 is 1.23 bits per heavy atom. The predicted molar refractivity (Wildman–Crippen MR) is 84.4 cm³/mol. The van der Waals surface area contributed by atoms with Gasteiger partial charge in [0.25, 0.3) is 0 Å². The fraction of sp³-hybridized carbons (Fsp3) is 0.529. The number of hydrogen-bond acceptors (Lipinski definition) is 3. The molecule has 122 valence electrons. The van der Waals surface area contributed by atoms with Gasteiger partial charge in [-0.25, -0.2) is 0 Å². The van der Waals surface area contributed by atoms with E-state index in [9.17, 15) is 9.59 Å². The number of carboxylic acids is 1. The lowest BCUT2D eigenvalue weighted by atomic mass is 10.2. The average molecular weight is 307 g/mol. The highest BCUT2D eigenvalue weighted by molar-refractivity contribution is 5.81. The molecule has 0 spiro atoms. The lowest BCUT2D eigenvalue weighted by molar-refractivity contribution is -0.145. The summed E-state index contributed by atoms with van der Waals surface area (Å²) >= 11 is 0. The minimum Gasteiger partial charge on any atom is -0.480 e. The van der Waals surface area contributed by atoms with E-state index in [0.29, 0.717) is 32.6 Å². The first-order valence-corrected chi connectivity index (χ1v) is 7.60. The number of rotatable bonds is 10. The fourth-order valence-electron chi connectivity index (χ4n) is 2.11. The van der Waals surface area contributed by atoms with Gasteiger partial charge in [0.2, 0.25) is 5.91 Å². The minimum absolute atomic E-state index is 0.126. The Bertz CT molecular complexity index is 459. The number of amides is 1. The van der Waals surface area contributed by atoms with Crippen molar-refractivity contribution in [3.63, 3.8) is 0 Å². The molecule has 1 rings (SSSR count). The zero-order valence-corrected chi connectivity index (χ0v) is 13.3. The lowest BCUT2D eigenvalue weighted by Gasteiger charge is -2.22. The number of benzene rings is 1. The molecular weight excluding hydrogens is 282 g/mol. The van der Waals surface area contributed by atoms with Crippen LogP contribution in [0.5, 0.6) is 0 Å². The number of carbonyl (C=O) groups excluding carboxylic acids is 1. The summed E-state index contributed by atoms with van der Waals surface area (Å²) in [5.41, 5.74) is 1.10. The second-order valence-electron chi connectivity index (χ2n) is 5.70. The smallest absolute Gasteiger partial charge is 0.323 e. The van der Waals surface area contributed by atoms with Gasteiger partial charge in [-0.2, -0.15) is 0 Å². The Morgan fingerprint density at radius 3 is 2.50 bits per heavy atom. The second-order valence-corrected chi connectivity index (χ2v) is 5.70. The number of hydrogen-bond donors (Lipinski definition) is 1. The first kappa shape index (κ1) is 18.2. The first-order chi connectivity index (χ1) is 10.5. The Balaban J connectivity index is 2.26. The maximum atomic E-state index is 12.1. The molecule has 0 aliphatic rings. The topological polar surface area (TPSA) is 66.8 Å². The summed E-state index contributed by atoms with van der Waals surface area (Å²) in [7, 11) is 0. The number of ether oxygens (including phenoxy) is 1. The van der Waals surface area contributed by atoms with Crippen LogP contribution in [0.4, 0.5) is 0 Å². The van der Waals surface area contributed by atoms with Crippen molar-refractivity contribution in [3.8, 4) is 0 Å². The number of aliphatic carboxylic acids is 1. The molecule has 5 nitrogen and oxygen atoms in total. The maximum Gasteiger partial charge on any atom is 0.323 e. The van der Waals surface area contributed by atoms with Crippen LogP contribution in [0.25, 0.3) is 0 Å². The molecule has 0 heterocycles. The molecule has 1 aromatic carbocycles. The van der Waals surface area contributed by atoms with Crippen LogP contribution in [-0.4, -0.2) is 41.6 Å². The Hall–Kier alpha value is -1.88. The summed E-state index contributed by atoms with van der Waals surface area (Å²) in [5.74, 6) is -0.855. The normalized spacial score (nSPS) is 10.7. The molecule has 0 saturated carbocycles. The van der Waals surface area contributed by atoms with E-state index < -0.39 is 5.97 Å². The Kier molecular flexibility index (Phi) is 8.22. The summed E-state index contributed by atoms with van der Waals surface area (Å²) in [4.78, 5) is 24.3. The van der Waals surface area contributed by atoms with Crippen LogP contribution in [0.3, 0.4) is 0 Å². The fourth-order valence-corrected chi connectivity index (χ4v) is 2.11. The van der Waals surface area contributed by atoms with Gasteiger partial charge in [0, 0.05) is 19.6 Å². The maximum absolute atomic E-state index is 12.1. The molecule has 1 aromatic rings. The van der Waals surface area contributed by atoms with Gasteiger partial charge < -0.3 is 14.7 Å². The summed E-state index contributed by atoms with van der Waals surface area (Å²) in [6, 6.07) is 9.84. The first-order valence-electron chi connectivity index (χ1n) is 7.60. The highest BCUT2D eigenvalue weighted by Crippen LogP contribution is 2.05. The highest BCUT2D eigenvalue weighted by Gasteiger charge is 2.17. The summed E-state index contributed by atoms with van der Waals surface area (Å²) in [6.07, 6.45) is 0.911. The number of carboxylic acid groups (broad SMARTS) is 1. The van der Waals surface area contributed by atoms with Crippen LogP contribution in [0.2, 0.25) is 0 Å². The monoisotopic (exact) mass is 307 g/mol. The largest absolute Gasteiger partial charge is 0.480 e. The van der Waals surface area contributed by atoms with E-state index in [1.54, 1.807) is 0 Å². The van der Waals surface area contributed by atoms with Crippen molar-refractivity contribution in [2.75, 3.05) is 19.7 Å². The van der Waals surface area contributed by atoms with Crippen LogP contribution in [0.15, 0.2) is 30.3 Å². The molecule has 0 unspecified atom stereocenters. The van der Waals surface area contributed by atoms with Crippen molar-refractivity contribution in [2.45, 2.75) is 33.3 Å². The van der Waals surface area contributed by atoms with Crippen molar-refractivity contribution in [3.05, 3.63) is 35.9 Å². The predicted octanol–water partition coefficient (Wildman–Crippen LogP) is 2.55. The van der Waals surface area contributed by atoms with Gasteiger partial charge in [-0.05, 0) is 17.9 Å². The molecular formula is C17H25NO4. The molecule has 0 radical (unpaired) electrons. The van der Waals surface area contributed by atoms with Crippen LogP contribution < -0.4 is 0 Å². The van der Waals surface area contributed by atoms with E-state index in [-0.39, 0.29) is 18.4 Å². The van der Waals surface area contributed by atoms with E-state index >= 15 is 0 Å². The lowest BCUT2D eigenvalue weighted by Crippen LogP contribution is -2.38. The molecule has 5 heteroatoms. The SMILES string of the molecule is CC(C)CN(CC(=O)O)C(=O)CCCOCc1ccccc1. The molecule has 0 fully saturated rings. The van der Waals surface area contributed by atoms with Crippen LogP contribution in [-0.2, 0) is 20.9 Å². The number of nitrogens with zero attached hydrogens (tertiary/aromatic N) is 1. The zero-order valence-electron chi connectivity index (χ0n) is 13.3. The van der Waals surface area contributed by atoms with Gasteiger partial charge in [0.1, 0.15) is 6.54 Å². The van der Waals surface area contributed by atoms with Crippen LogP contribution >= 0.6 is 0 Å². The van der Waals surface area contributed by atoms with Gasteiger partial charge in [0.05, 0.1) is 6.61 Å². The van der Waals surface area contributed by atoms with E-state index in [1.807, 2.05) is 44.2 Å². The molecule has 0 atom stereocenters. The Morgan fingerprint density at radius 2 is 1.91 bits per heavy atom. The Labute approximate surface area is 131 Å². The molecule has 0 aromatic heterocycles. The molecule has 22 heavy (non-hydrogen) atoms. The molecule has 0 saturated heterocycles. The van der Waals surface area contributed by atoms with Gasteiger partial charge >= 0.3 is 5.97 Å². The third-order valence-corrected chi connectivity index (χ3v) is 3.06. The number of carbonyl (C=O) groups is 2. The van der Waals surface area contributed by atoms with E-state index in [1.165, 1.54) is 4.90 Å². The summed E-state index contributed by atoms with van der Waals surface area (Å²) in [5, 5.41) is 8.86.